The minimum absolute atomic E-state index is 0.225. The average molecular weight is 375 g/mol. The standard InChI is InChI=1S/C18H33NO7/c1-11(21)19-14-16(24)15(23)12(10-20)26-17(14)25-9-7-5-6-8-13(22)18(2,3)4/h12,14-17,20,23-24H,5-10H2,1-4H3,(H,19,21). The molecule has 0 spiro atoms. The molecule has 0 bridgehead atoms. The first kappa shape index (κ1) is 23.0. The number of aliphatic hydroxyl groups excluding tert-OH is 3. The van der Waals surface area contributed by atoms with Crippen molar-refractivity contribution in [2.45, 2.75) is 84.0 Å². The third kappa shape index (κ3) is 6.92. The zero-order valence-electron chi connectivity index (χ0n) is 16.1. The van der Waals surface area contributed by atoms with Crippen LogP contribution in [0.5, 0.6) is 0 Å². The van der Waals surface area contributed by atoms with Gasteiger partial charge in [0.05, 0.1) is 6.61 Å². The predicted molar refractivity (Wildman–Crippen MR) is 94.2 cm³/mol. The molecule has 0 aromatic carbocycles. The maximum absolute atomic E-state index is 11.9. The van der Waals surface area contributed by atoms with E-state index in [1.54, 1.807) is 0 Å². The van der Waals surface area contributed by atoms with E-state index in [2.05, 4.69) is 5.32 Å². The predicted octanol–water partition coefficient (Wildman–Crippen LogP) is 0.122. The minimum Gasteiger partial charge on any atom is -0.394 e. The van der Waals surface area contributed by atoms with E-state index in [9.17, 15) is 24.9 Å². The van der Waals surface area contributed by atoms with Crippen LogP contribution in [0.3, 0.4) is 0 Å². The SMILES string of the molecule is CC(=O)NC1C(OCCCCCC(=O)C(C)(C)C)OC(CO)C(O)C1O. The Balaban J connectivity index is 2.44. The molecular weight excluding hydrogens is 342 g/mol. The van der Waals surface area contributed by atoms with Crippen molar-refractivity contribution < 1.29 is 34.4 Å². The lowest BCUT2D eigenvalue weighted by molar-refractivity contribution is -0.270. The maximum Gasteiger partial charge on any atom is 0.217 e. The van der Waals surface area contributed by atoms with Crippen LogP contribution in [0.4, 0.5) is 0 Å². The van der Waals surface area contributed by atoms with Crippen LogP contribution in [0.2, 0.25) is 0 Å². The average Bonchev–Trinajstić information content (AvgIpc) is 2.55. The molecule has 4 N–H and O–H groups in total. The third-order valence-electron chi connectivity index (χ3n) is 4.42. The van der Waals surface area contributed by atoms with E-state index in [0.717, 1.165) is 12.8 Å². The molecule has 1 saturated heterocycles. The Morgan fingerprint density at radius 3 is 2.31 bits per heavy atom. The molecule has 1 aliphatic rings. The highest BCUT2D eigenvalue weighted by molar-refractivity contribution is 5.83. The molecule has 5 unspecified atom stereocenters. The molecule has 26 heavy (non-hydrogen) atoms. The van der Waals surface area contributed by atoms with Crippen molar-refractivity contribution in [1.29, 1.82) is 0 Å². The molecule has 1 fully saturated rings. The van der Waals surface area contributed by atoms with E-state index < -0.39 is 37.3 Å². The van der Waals surface area contributed by atoms with Gasteiger partial charge in [0.15, 0.2) is 6.29 Å². The van der Waals surface area contributed by atoms with Gasteiger partial charge in [0.2, 0.25) is 5.91 Å². The second-order valence-electron chi connectivity index (χ2n) is 7.79. The number of hydrogen-bond donors (Lipinski definition) is 4. The van der Waals surface area contributed by atoms with Crippen molar-refractivity contribution in [2.24, 2.45) is 5.41 Å². The summed E-state index contributed by atoms with van der Waals surface area (Å²) in [5.74, 6) is -0.163. The molecule has 8 nitrogen and oxygen atoms in total. The van der Waals surface area contributed by atoms with E-state index >= 15 is 0 Å². The topological polar surface area (TPSA) is 125 Å². The molecule has 5 atom stereocenters. The van der Waals surface area contributed by atoms with Gasteiger partial charge in [0.1, 0.15) is 30.1 Å². The lowest BCUT2D eigenvalue weighted by atomic mass is 9.88. The number of hydrogen-bond acceptors (Lipinski definition) is 7. The van der Waals surface area contributed by atoms with Crippen molar-refractivity contribution in [3.63, 3.8) is 0 Å². The highest BCUT2D eigenvalue weighted by atomic mass is 16.7. The highest BCUT2D eigenvalue weighted by Crippen LogP contribution is 2.23. The first-order chi connectivity index (χ1) is 12.1. The lowest BCUT2D eigenvalue weighted by Crippen LogP contribution is -2.64. The molecule has 0 aromatic heterocycles. The number of ether oxygens (including phenoxy) is 2. The number of unbranched alkanes of at least 4 members (excludes halogenated alkanes) is 2. The molecular formula is C18H33NO7. The van der Waals surface area contributed by atoms with Gasteiger partial charge in [-0.3, -0.25) is 9.59 Å². The van der Waals surface area contributed by atoms with E-state index in [4.69, 9.17) is 9.47 Å². The Kier molecular flexibility index (Phi) is 9.12. The molecule has 8 heteroatoms. The molecule has 152 valence electrons. The highest BCUT2D eigenvalue weighted by Gasteiger charge is 2.45. The summed E-state index contributed by atoms with van der Waals surface area (Å²) in [6.45, 7) is 6.83. The Labute approximate surface area is 154 Å². The van der Waals surface area contributed by atoms with Crippen LogP contribution in [0.15, 0.2) is 0 Å². The number of carbonyl (C=O) groups excluding carboxylic acids is 2. The van der Waals surface area contributed by atoms with Gasteiger partial charge < -0.3 is 30.1 Å². The van der Waals surface area contributed by atoms with Crippen molar-refractivity contribution in [3.05, 3.63) is 0 Å². The Morgan fingerprint density at radius 1 is 1.12 bits per heavy atom. The summed E-state index contributed by atoms with van der Waals surface area (Å²) in [5, 5.41) is 31.9. The van der Waals surface area contributed by atoms with E-state index in [-0.39, 0.29) is 17.1 Å². The molecule has 1 aliphatic heterocycles. The summed E-state index contributed by atoms with van der Waals surface area (Å²) < 4.78 is 11.1. The van der Waals surface area contributed by atoms with Crippen LogP contribution in [0, 0.1) is 5.41 Å². The van der Waals surface area contributed by atoms with Gasteiger partial charge in [0.25, 0.3) is 0 Å². The van der Waals surface area contributed by atoms with Gasteiger partial charge in [-0.15, -0.1) is 0 Å². The fourth-order valence-electron chi connectivity index (χ4n) is 2.75. The van der Waals surface area contributed by atoms with Crippen molar-refractivity contribution in [3.8, 4) is 0 Å². The second-order valence-corrected chi connectivity index (χ2v) is 7.79. The molecule has 0 aromatic rings. The minimum atomic E-state index is -1.32. The number of amides is 1. The van der Waals surface area contributed by atoms with Crippen LogP contribution in [0.25, 0.3) is 0 Å². The second kappa shape index (κ2) is 10.3. The van der Waals surface area contributed by atoms with Crippen molar-refractivity contribution >= 4 is 11.7 Å². The first-order valence-corrected chi connectivity index (χ1v) is 9.12. The fourth-order valence-corrected chi connectivity index (χ4v) is 2.75. The lowest BCUT2D eigenvalue weighted by Gasteiger charge is -2.42. The molecule has 1 rings (SSSR count). The van der Waals surface area contributed by atoms with E-state index in [1.165, 1.54) is 6.92 Å². The van der Waals surface area contributed by atoms with Crippen LogP contribution in [-0.2, 0) is 19.1 Å². The zero-order chi connectivity index (χ0) is 19.9. The van der Waals surface area contributed by atoms with Gasteiger partial charge in [-0.25, -0.2) is 0 Å². The van der Waals surface area contributed by atoms with Gasteiger partial charge >= 0.3 is 0 Å². The third-order valence-corrected chi connectivity index (χ3v) is 4.42. The number of rotatable bonds is 9. The summed E-state index contributed by atoms with van der Waals surface area (Å²) in [5.41, 5.74) is -0.325. The van der Waals surface area contributed by atoms with Gasteiger partial charge in [-0.05, 0) is 12.8 Å². The van der Waals surface area contributed by atoms with Crippen LogP contribution in [-0.4, -0.2) is 70.9 Å². The van der Waals surface area contributed by atoms with Crippen LogP contribution < -0.4 is 5.32 Å². The first-order valence-electron chi connectivity index (χ1n) is 9.12. The smallest absolute Gasteiger partial charge is 0.217 e. The van der Waals surface area contributed by atoms with Crippen LogP contribution >= 0.6 is 0 Å². The molecule has 1 amide bonds. The Morgan fingerprint density at radius 2 is 1.77 bits per heavy atom. The van der Waals surface area contributed by atoms with Gasteiger partial charge in [0, 0.05) is 25.4 Å². The number of Topliss-reactive ketones (excluding diaryl/α,β-unsaturated/α-hetero) is 1. The van der Waals surface area contributed by atoms with E-state index in [0.29, 0.717) is 19.4 Å². The van der Waals surface area contributed by atoms with E-state index in [1.807, 2.05) is 20.8 Å². The molecule has 0 saturated carbocycles. The quantitative estimate of drug-likeness (QED) is 0.422. The molecule has 0 aliphatic carbocycles. The number of aliphatic hydroxyl groups is 3. The Hall–Kier alpha value is -1.06. The van der Waals surface area contributed by atoms with Gasteiger partial charge in [-0.2, -0.15) is 0 Å². The molecule has 0 radical (unpaired) electrons. The Bertz CT molecular complexity index is 463. The summed E-state index contributed by atoms with van der Waals surface area (Å²) in [6.07, 6.45) is -1.80. The summed E-state index contributed by atoms with van der Waals surface area (Å²) in [6, 6.07) is -0.923. The molecule has 1 heterocycles. The summed E-state index contributed by atoms with van der Waals surface area (Å²) >= 11 is 0. The number of ketones is 1. The summed E-state index contributed by atoms with van der Waals surface area (Å²) in [4.78, 5) is 23.2. The normalized spacial score (nSPS) is 29.4. The fraction of sp³-hybridized carbons (Fsp3) is 0.889. The maximum atomic E-state index is 11.9. The zero-order valence-corrected chi connectivity index (χ0v) is 16.1. The van der Waals surface area contributed by atoms with Crippen molar-refractivity contribution in [1.82, 2.24) is 5.32 Å². The monoisotopic (exact) mass is 375 g/mol. The van der Waals surface area contributed by atoms with Gasteiger partial charge in [-0.1, -0.05) is 27.2 Å². The number of carbonyl (C=O) groups is 2. The summed E-state index contributed by atoms with van der Waals surface area (Å²) in [7, 11) is 0. The van der Waals surface area contributed by atoms with Crippen LogP contribution in [0.1, 0.15) is 53.4 Å². The largest absolute Gasteiger partial charge is 0.394 e. The number of nitrogens with one attached hydrogen (secondary N) is 1. The van der Waals surface area contributed by atoms with Crippen molar-refractivity contribution in [2.75, 3.05) is 13.2 Å².